The fourth-order valence-electron chi connectivity index (χ4n) is 4.02. The number of fused-ring (bicyclic) bond motifs is 1. The van der Waals surface area contributed by atoms with Crippen LogP contribution in [0.3, 0.4) is 0 Å². The molecule has 0 aromatic carbocycles. The number of aromatic nitrogens is 5. The van der Waals surface area contributed by atoms with Crippen molar-refractivity contribution in [2.24, 2.45) is 10.9 Å². The average Bonchev–Trinajstić information content (AvgIpc) is 3.36. The largest absolute Gasteiger partial charge is 0.493 e. The van der Waals surface area contributed by atoms with Gasteiger partial charge in [0.2, 0.25) is 5.88 Å². The number of nitrogens with one attached hydrogen (secondary N) is 2. The molecule has 10 heteroatoms. The highest BCUT2D eigenvalue weighted by atomic mass is 16.3. The summed E-state index contributed by atoms with van der Waals surface area (Å²) < 4.78 is 1.74. The third-order valence-corrected chi connectivity index (χ3v) is 5.68. The van der Waals surface area contributed by atoms with Crippen LogP contribution in [0.25, 0.3) is 11.7 Å². The lowest BCUT2D eigenvalue weighted by Gasteiger charge is -2.36. The fraction of sp³-hybridized carbons (Fsp3) is 0.524. The third-order valence-electron chi connectivity index (χ3n) is 5.68. The molecule has 31 heavy (non-hydrogen) atoms. The molecule has 3 aromatic rings. The first-order valence-electron chi connectivity index (χ1n) is 10.9. The van der Waals surface area contributed by atoms with E-state index in [2.05, 4.69) is 38.7 Å². The van der Waals surface area contributed by atoms with E-state index >= 15 is 0 Å². The number of hydrogen-bond acceptors (Lipinski definition) is 7. The van der Waals surface area contributed by atoms with Crippen LogP contribution < -0.4 is 21.3 Å². The first kappa shape index (κ1) is 19.8. The van der Waals surface area contributed by atoms with Gasteiger partial charge in [0.25, 0.3) is 0 Å². The molecule has 164 valence electrons. The summed E-state index contributed by atoms with van der Waals surface area (Å²) in [4.78, 5) is 30.9. The Hall–Kier alpha value is -3.14. The van der Waals surface area contributed by atoms with Crippen LogP contribution in [0.15, 0.2) is 22.1 Å². The molecule has 0 spiro atoms. The number of imidazole rings is 1. The monoisotopic (exact) mass is 424 g/mol. The Morgan fingerprint density at radius 3 is 2.68 bits per heavy atom. The molecule has 2 aliphatic rings. The molecule has 1 aliphatic heterocycles. The van der Waals surface area contributed by atoms with Crippen LogP contribution in [0.5, 0.6) is 5.88 Å². The van der Waals surface area contributed by atoms with E-state index in [1.165, 1.54) is 0 Å². The first-order chi connectivity index (χ1) is 15.0. The lowest BCUT2D eigenvalue weighted by atomic mass is 10.2. The smallest absolute Gasteiger partial charge is 0.326 e. The second-order valence-electron chi connectivity index (χ2n) is 8.84. The van der Waals surface area contributed by atoms with E-state index in [0.29, 0.717) is 28.5 Å². The minimum absolute atomic E-state index is 0.204. The van der Waals surface area contributed by atoms with E-state index < -0.39 is 5.69 Å². The Bertz CT molecular complexity index is 1260. The minimum atomic E-state index is -0.461. The maximum absolute atomic E-state index is 11.5. The second kappa shape index (κ2) is 7.84. The Balaban J connectivity index is 1.55. The summed E-state index contributed by atoms with van der Waals surface area (Å²) >= 11 is 0. The van der Waals surface area contributed by atoms with Crippen molar-refractivity contribution in [2.75, 3.05) is 37.6 Å². The Labute approximate surface area is 178 Å². The standard InChI is InChI=1S/C21H28N8O2/c1-13(2)12-27-5-7-28(8-6-27)17-10-18(23-15-3-4-15)29-19(25-17)14(11-22-29)9-16-20(30)26-21(31)24-16/h9-11,13,15,30H,3-8,12H2,1-2H3,(H2,24,26,31). The molecule has 3 aromatic heterocycles. The van der Waals surface area contributed by atoms with Crippen LogP contribution in [0.2, 0.25) is 0 Å². The number of aromatic amines is 2. The normalized spacial score (nSPS) is 19.3. The molecule has 3 N–H and O–H groups in total. The highest BCUT2D eigenvalue weighted by Crippen LogP contribution is 2.22. The van der Waals surface area contributed by atoms with Gasteiger partial charge in [-0.1, -0.05) is 13.8 Å². The summed E-state index contributed by atoms with van der Waals surface area (Å²) in [6, 6.07) is 2.37. The number of H-pyrrole nitrogens is 2. The third kappa shape index (κ3) is 4.20. The number of piperazine rings is 1. The molecule has 0 atom stereocenters. The number of aromatic hydroxyl groups is 1. The van der Waals surface area contributed by atoms with E-state index in [1.807, 2.05) is 6.07 Å². The van der Waals surface area contributed by atoms with Crippen molar-refractivity contribution in [2.45, 2.75) is 32.7 Å². The van der Waals surface area contributed by atoms with Crippen molar-refractivity contribution < 1.29 is 5.11 Å². The highest BCUT2D eigenvalue weighted by Gasteiger charge is 2.22. The lowest BCUT2D eigenvalue weighted by molar-refractivity contribution is 0.231. The Kier molecular flexibility index (Phi) is 5.01. The predicted molar refractivity (Wildman–Crippen MR) is 117 cm³/mol. The Morgan fingerprint density at radius 1 is 1.26 bits per heavy atom. The SMILES string of the molecule is CC(C)CN1CCN(c2cc(=NC3CC3)n3ncc(=Cc4[nH]c(=O)[nH]c4O)c3n2)CC1. The van der Waals surface area contributed by atoms with Crippen LogP contribution in [-0.4, -0.2) is 73.3 Å². The number of nitrogens with zero attached hydrogens (tertiary/aromatic N) is 6. The topological polar surface area (TPSA) is 118 Å². The molecule has 1 saturated heterocycles. The molecule has 0 unspecified atom stereocenters. The Morgan fingerprint density at radius 2 is 2.03 bits per heavy atom. The molecule has 0 radical (unpaired) electrons. The van der Waals surface area contributed by atoms with Gasteiger partial charge in [0.1, 0.15) is 11.5 Å². The van der Waals surface area contributed by atoms with Gasteiger partial charge in [-0.2, -0.15) is 9.61 Å². The van der Waals surface area contributed by atoms with Gasteiger partial charge in [0.05, 0.1) is 12.2 Å². The van der Waals surface area contributed by atoms with Crippen molar-refractivity contribution in [3.63, 3.8) is 0 Å². The molecule has 5 rings (SSSR count). The second-order valence-corrected chi connectivity index (χ2v) is 8.84. The molecular formula is C21H28N8O2. The van der Waals surface area contributed by atoms with Crippen LogP contribution in [0.4, 0.5) is 5.82 Å². The van der Waals surface area contributed by atoms with Gasteiger partial charge < -0.3 is 15.0 Å². The lowest BCUT2D eigenvalue weighted by Crippen LogP contribution is -2.48. The van der Waals surface area contributed by atoms with Gasteiger partial charge in [-0.25, -0.2) is 9.78 Å². The van der Waals surface area contributed by atoms with E-state index in [1.54, 1.807) is 16.8 Å². The molecule has 10 nitrogen and oxygen atoms in total. The van der Waals surface area contributed by atoms with Gasteiger partial charge >= 0.3 is 5.69 Å². The molecule has 1 saturated carbocycles. The summed E-state index contributed by atoms with van der Waals surface area (Å²) in [6.45, 7) is 9.47. The summed E-state index contributed by atoms with van der Waals surface area (Å²) in [7, 11) is 0. The van der Waals surface area contributed by atoms with Crippen molar-refractivity contribution in [1.29, 1.82) is 0 Å². The van der Waals surface area contributed by atoms with Gasteiger partial charge in [-0.05, 0) is 24.8 Å². The van der Waals surface area contributed by atoms with Crippen LogP contribution >= 0.6 is 0 Å². The molecule has 2 fully saturated rings. The maximum Gasteiger partial charge on any atom is 0.326 e. The van der Waals surface area contributed by atoms with Crippen molar-refractivity contribution in [1.82, 2.24) is 29.5 Å². The van der Waals surface area contributed by atoms with Crippen LogP contribution in [-0.2, 0) is 0 Å². The van der Waals surface area contributed by atoms with E-state index in [0.717, 1.165) is 56.9 Å². The van der Waals surface area contributed by atoms with Crippen molar-refractivity contribution in [3.8, 4) is 5.88 Å². The van der Waals surface area contributed by atoms with Gasteiger partial charge in [0, 0.05) is 44.0 Å². The molecule has 1 aliphatic carbocycles. The maximum atomic E-state index is 11.5. The van der Waals surface area contributed by atoms with Crippen LogP contribution in [0.1, 0.15) is 32.4 Å². The zero-order valence-corrected chi connectivity index (χ0v) is 17.9. The molecule has 4 heterocycles. The van der Waals surface area contributed by atoms with Crippen molar-refractivity contribution >= 4 is 17.5 Å². The molecule has 0 bridgehead atoms. The first-order valence-corrected chi connectivity index (χ1v) is 10.9. The van der Waals surface area contributed by atoms with Crippen LogP contribution in [0, 0.1) is 5.92 Å². The zero-order chi connectivity index (χ0) is 21.5. The summed E-state index contributed by atoms with van der Waals surface area (Å²) in [5.41, 5.74) is 1.29. The van der Waals surface area contributed by atoms with Gasteiger partial charge in [-0.15, -0.1) is 0 Å². The molecular weight excluding hydrogens is 396 g/mol. The van der Waals surface area contributed by atoms with E-state index in [9.17, 15) is 9.90 Å². The summed E-state index contributed by atoms with van der Waals surface area (Å²) in [5.74, 6) is 1.34. The van der Waals surface area contributed by atoms with E-state index in [4.69, 9.17) is 9.98 Å². The zero-order valence-electron chi connectivity index (χ0n) is 17.9. The van der Waals surface area contributed by atoms with Gasteiger partial charge in [-0.3, -0.25) is 14.9 Å². The van der Waals surface area contributed by atoms with Crippen molar-refractivity contribution in [3.05, 3.63) is 39.1 Å². The molecule has 0 amide bonds. The highest BCUT2D eigenvalue weighted by molar-refractivity contribution is 5.58. The predicted octanol–water partition coefficient (Wildman–Crippen LogP) is -0.160. The number of hydrogen-bond donors (Lipinski definition) is 3. The van der Waals surface area contributed by atoms with Gasteiger partial charge in [0.15, 0.2) is 11.1 Å². The fourth-order valence-corrected chi connectivity index (χ4v) is 4.02. The average molecular weight is 425 g/mol. The quantitative estimate of drug-likeness (QED) is 0.524. The number of rotatable bonds is 5. The summed E-state index contributed by atoms with van der Waals surface area (Å²) in [5, 5.41) is 15.1. The summed E-state index contributed by atoms with van der Waals surface area (Å²) in [6.07, 6.45) is 5.56. The number of anilines is 1. The minimum Gasteiger partial charge on any atom is -0.493 e. The van der Waals surface area contributed by atoms with E-state index in [-0.39, 0.29) is 5.88 Å².